The van der Waals surface area contributed by atoms with Crippen LogP contribution < -0.4 is 4.74 Å². The molecule has 0 aliphatic carbocycles. The molecule has 2 rings (SSSR count). The summed E-state index contributed by atoms with van der Waals surface area (Å²) in [5.74, 6) is 1.12. The van der Waals surface area contributed by atoms with Gasteiger partial charge in [0.2, 0.25) is 5.88 Å². The van der Waals surface area contributed by atoms with Gasteiger partial charge in [-0.3, -0.25) is 0 Å². The number of aryl methyl sites for hydroxylation is 1. The van der Waals surface area contributed by atoms with Crippen molar-refractivity contribution in [1.82, 2.24) is 9.97 Å². The van der Waals surface area contributed by atoms with Crippen LogP contribution in [-0.2, 0) is 12.3 Å². The van der Waals surface area contributed by atoms with Crippen molar-refractivity contribution in [3.8, 4) is 5.88 Å². The van der Waals surface area contributed by atoms with E-state index in [1.54, 1.807) is 17.5 Å². The lowest BCUT2D eigenvalue weighted by Crippen LogP contribution is -2.02. The molecule has 0 atom stereocenters. The van der Waals surface area contributed by atoms with Crippen molar-refractivity contribution < 1.29 is 4.74 Å². The molecule has 0 radical (unpaired) electrons. The Hall–Kier alpha value is -1.13. The predicted octanol–water partition coefficient (Wildman–Crippen LogP) is 3.21. The van der Waals surface area contributed by atoms with Crippen molar-refractivity contribution >= 4 is 22.9 Å². The summed E-state index contributed by atoms with van der Waals surface area (Å²) < 4.78 is 5.56. The van der Waals surface area contributed by atoms with Crippen LogP contribution in [0, 0.1) is 6.92 Å². The number of nitrogens with zero attached hydrogens (tertiary/aromatic N) is 2. The molecule has 90 valence electrons. The second-order valence-corrected chi connectivity index (χ2v) is 4.80. The normalized spacial score (nSPS) is 10.5. The first-order valence-corrected chi connectivity index (χ1v) is 6.73. The van der Waals surface area contributed by atoms with Gasteiger partial charge in [0.15, 0.2) is 0 Å². The maximum absolute atomic E-state index is 5.68. The van der Waals surface area contributed by atoms with Crippen molar-refractivity contribution in [3.63, 3.8) is 0 Å². The van der Waals surface area contributed by atoms with Crippen molar-refractivity contribution in [3.05, 3.63) is 40.0 Å². The van der Waals surface area contributed by atoms with Gasteiger partial charge in [-0.1, -0.05) is 6.07 Å². The van der Waals surface area contributed by atoms with Gasteiger partial charge in [0, 0.05) is 29.4 Å². The molecule has 2 heterocycles. The Morgan fingerprint density at radius 1 is 1.35 bits per heavy atom. The number of rotatable bonds is 5. The largest absolute Gasteiger partial charge is 0.477 e. The average Bonchev–Trinajstić information content (AvgIpc) is 2.76. The highest BCUT2D eigenvalue weighted by molar-refractivity contribution is 7.09. The third kappa shape index (κ3) is 3.41. The zero-order valence-corrected chi connectivity index (χ0v) is 11.1. The van der Waals surface area contributed by atoms with Crippen LogP contribution in [0.3, 0.4) is 0 Å². The van der Waals surface area contributed by atoms with Gasteiger partial charge in [-0.05, 0) is 12.5 Å². The smallest absolute Gasteiger partial charge is 0.213 e. The Kier molecular flexibility index (Phi) is 4.34. The number of aromatic nitrogens is 2. The van der Waals surface area contributed by atoms with Gasteiger partial charge in [-0.2, -0.15) is 0 Å². The summed E-state index contributed by atoms with van der Waals surface area (Å²) in [5, 5.41) is 0. The first-order valence-electron chi connectivity index (χ1n) is 5.32. The van der Waals surface area contributed by atoms with Crippen LogP contribution in [0.25, 0.3) is 0 Å². The van der Waals surface area contributed by atoms with Crippen LogP contribution >= 0.6 is 22.9 Å². The third-order valence-electron chi connectivity index (χ3n) is 2.38. The van der Waals surface area contributed by atoms with Crippen LogP contribution in [0.5, 0.6) is 5.88 Å². The van der Waals surface area contributed by atoms with Crippen molar-refractivity contribution in [1.29, 1.82) is 0 Å². The van der Waals surface area contributed by atoms with Crippen LogP contribution in [0.1, 0.15) is 16.1 Å². The number of hydrogen-bond donors (Lipinski definition) is 0. The first-order chi connectivity index (χ1) is 8.29. The van der Waals surface area contributed by atoms with Crippen molar-refractivity contribution in [2.24, 2.45) is 0 Å². The molecule has 3 nitrogen and oxygen atoms in total. The molecule has 0 aliphatic heterocycles. The molecule has 0 aliphatic rings. The van der Waals surface area contributed by atoms with Crippen molar-refractivity contribution in [2.45, 2.75) is 19.2 Å². The summed E-state index contributed by atoms with van der Waals surface area (Å²) in [5.41, 5.74) is 3.94. The van der Waals surface area contributed by atoms with E-state index in [0.717, 1.165) is 17.7 Å². The minimum atomic E-state index is 0.480. The molecule has 2 aromatic rings. The van der Waals surface area contributed by atoms with Gasteiger partial charge in [0.05, 0.1) is 17.8 Å². The summed E-state index contributed by atoms with van der Waals surface area (Å²) in [6, 6.07) is 3.77. The zero-order valence-electron chi connectivity index (χ0n) is 9.52. The SMILES string of the molecule is Cc1ncsc1CCOc1ccc(CCl)cn1. The number of halogens is 1. The van der Waals surface area contributed by atoms with E-state index in [1.165, 1.54) is 4.88 Å². The first kappa shape index (κ1) is 12.3. The van der Waals surface area contributed by atoms with E-state index >= 15 is 0 Å². The number of hydrogen-bond acceptors (Lipinski definition) is 4. The quantitative estimate of drug-likeness (QED) is 0.781. The molecule has 0 unspecified atom stereocenters. The summed E-state index contributed by atoms with van der Waals surface area (Å²) in [6.45, 7) is 2.63. The number of pyridine rings is 1. The molecule has 5 heteroatoms. The van der Waals surface area contributed by atoms with Gasteiger partial charge in [0.25, 0.3) is 0 Å². The fraction of sp³-hybridized carbons (Fsp3) is 0.333. The molecule has 17 heavy (non-hydrogen) atoms. The molecule has 0 saturated carbocycles. The Balaban J connectivity index is 1.83. The maximum Gasteiger partial charge on any atom is 0.213 e. The maximum atomic E-state index is 5.68. The monoisotopic (exact) mass is 268 g/mol. The molecule has 0 bridgehead atoms. The van der Waals surface area contributed by atoms with E-state index in [0.29, 0.717) is 18.4 Å². The van der Waals surface area contributed by atoms with E-state index in [2.05, 4.69) is 9.97 Å². The van der Waals surface area contributed by atoms with Crippen LogP contribution in [0.4, 0.5) is 0 Å². The molecule has 0 spiro atoms. The molecule has 0 N–H and O–H groups in total. The summed E-state index contributed by atoms with van der Waals surface area (Å²) in [4.78, 5) is 9.64. The fourth-order valence-electron chi connectivity index (χ4n) is 1.39. The Morgan fingerprint density at radius 3 is 2.82 bits per heavy atom. The van der Waals surface area contributed by atoms with Crippen LogP contribution in [0.2, 0.25) is 0 Å². The van der Waals surface area contributed by atoms with Gasteiger partial charge in [-0.25, -0.2) is 9.97 Å². The van der Waals surface area contributed by atoms with E-state index in [9.17, 15) is 0 Å². The number of ether oxygens (including phenoxy) is 1. The Labute approximate surface area is 109 Å². The van der Waals surface area contributed by atoms with Crippen LogP contribution in [-0.4, -0.2) is 16.6 Å². The minimum Gasteiger partial charge on any atom is -0.477 e. The highest BCUT2D eigenvalue weighted by Gasteiger charge is 2.02. The molecule has 0 amide bonds. The summed E-state index contributed by atoms with van der Waals surface area (Å²) in [7, 11) is 0. The highest BCUT2D eigenvalue weighted by atomic mass is 35.5. The highest BCUT2D eigenvalue weighted by Crippen LogP contribution is 2.14. The van der Waals surface area contributed by atoms with Gasteiger partial charge >= 0.3 is 0 Å². The summed E-state index contributed by atoms with van der Waals surface area (Å²) >= 11 is 7.34. The van der Waals surface area contributed by atoms with E-state index in [-0.39, 0.29) is 0 Å². The van der Waals surface area contributed by atoms with Crippen molar-refractivity contribution in [2.75, 3.05) is 6.61 Å². The zero-order chi connectivity index (χ0) is 12.1. The predicted molar refractivity (Wildman–Crippen MR) is 69.8 cm³/mol. The lowest BCUT2D eigenvalue weighted by Gasteiger charge is -2.04. The number of thiazole rings is 1. The second kappa shape index (κ2) is 5.98. The van der Waals surface area contributed by atoms with Gasteiger partial charge < -0.3 is 4.74 Å². The molecule has 0 fully saturated rings. The lowest BCUT2D eigenvalue weighted by molar-refractivity contribution is 0.310. The fourth-order valence-corrected chi connectivity index (χ4v) is 2.31. The molecule has 0 aromatic carbocycles. The Morgan fingerprint density at radius 2 is 2.24 bits per heavy atom. The molecular formula is C12H13ClN2OS. The Bertz CT molecular complexity index is 470. The van der Waals surface area contributed by atoms with E-state index < -0.39 is 0 Å². The third-order valence-corrected chi connectivity index (χ3v) is 3.68. The average molecular weight is 269 g/mol. The van der Waals surface area contributed by atoms with Gasteiger partial charge in [0.1, 0.15) is 0 Å². The van der Waals surface area contributed by atoms with Gasteiger partial charge in [-0.15, -0.1) is 22.9 Å². The minimum absolute atomic E-state index is 0.480. The van der Waals surface area contributed by atoms with Crippen LogP contribution in [0.15, 0.2) is 23.8 Å². The molecule has 0 saturated heterocycles. The summed E-state index contributed by atoms with van der Waals surface area (Å²) in [6.07, 6.45) is 2.61. The van der Waals surface area contributed by atoms with E-state index in [4.69, 9.17) is 16.3 Å². The number of alkyl halides is 1. The molecule has 2 aromatic heterocycles. The van der Waals surface area contributed by atoms with E-state index in [1.807, 2.05) is 24.6 Å². The molecular weight excluding hydrogens is 256 g/mol. The lowest BCUT2D eigenvalue weighted by atomic mass is 10.3. The standard InChI is InChI=1S/C12H13ClN2OS/c1-9-11(17-8-15-9)4-5-16-12-3-2-10(6-13)7-14-12/h2-3,7-8H,4-6H2,1H3. The second-order valence-electron chi connectivity index (χ2n) is 3.60. The topological polar surface area (TPSA) is 35.0 Å².